The van der Waals surface area contributed by atoms with Crippen molar-refractivity contribution in [2.75, 3.05) is 0 Å². The van der Waals surface area contributed by atoms with Crippen LogP contribution in [-0.4, -0.2) is 19.5 Å². The number of aromatic nitrogens is 4. The zero-order chi connectivity index (χ0) is 40.5. The Morgan fingerprint density at radius 2 is 1.10 bits per heavy atom. The van der Waals surface area contributed by atoms with Crippen LogP contribution in [0.4, 0.5) is 0 Å². The van der Waals surface area contributed by atoms with Crippen molar-refractivity contribution >= 4 is 33.0 Å². The van der Waals surface area contributed by atoms with Crippen molar-refractivity contribution in [3.05, 3.63) is 241 Å². The molecule has 0 bridgehead atoms. The van der Waals surface area contributed by atoms with Crippen molar-refractivity contribution in [1.29, 1.82) is 0 Å². The topological polar surface area (TPSA) is 43.6 Å². The van der Waals surface area contributed by atoms with Gasteiger partial charge in [0.2, 0.25) is 0 Å². The van der Waals surface area contributed by atoms with Crippen molar-refractivity contribution in [3.63, 3.8) is 0 Å². The lowest BCUT2D eigenvalue weighted by atomic mass is 9.86. The number of benzene rings is 7. The van der Waals surface area contributed by atoms with Crippen LogP contribution >= 0.6 is 0 Å². The smallest absolute Gasteiger partial charge is 0.164 e. The van der Waals surface area contributed by atoms with Gasteiger partial charge in [0.15, 0.2) is 17.5 Å². The van der Waals surface area contributed by atoms with E-state index in [0.29, 0.717) is 17.5 Å². The molecule has 2 unspecified atom stereocenters. The Morgan fingerprint density at radius 3 is 1.82 bits per heavy atom. The maximum atomic E-state index is 5.28. The maximum Gasteiger partial charge on any atom is 0.164 e. The van der Waals surface area contributed by atoms with Gasteiger partial charge in [0, 0.05) is 39.4 Å². The Bertz CT molecular complexity index is 3160. The third-order valence-corrected chi connectivity index (χ3v) is 12.2. The Morgan fingerprint density at radius 1 is 0.475 bits per heavy atom. The second-order valence-electron chi connectivity index (χ2n) is 15.9. The van der Waals surface area contributed by atoms with Gasteiger partial charge in [0.05, 0.1) is 11.0 Å². The Kier molecular flexibility index (Phi) is 9.44. The molecule has 0 radical (unpaired) electrons. The highest BCUT2D eigenvalue weighted by atomic mass is 15.0. The Balaban J connectivity index is 1.05. The summed E-state index contributed by atoms with van der Waals surface area (Å²) in [7, 11) is 0. The summed E-state index contributed by atoms with van der Waals surface area (Å²) >= 11 is 0. The van der Waals surface area contributed by atoms with E-state index in [4.69, 9.17) is 15.0 Å². The summed E-state index contributed by atoms with van der Waals surface area (Å²) in [4.78, 5) is 15.7. The van der Waals surface area contributed by atoms with Crippen LogP contribution in [0.2, 0.25) is 0 Å². The summed E-state index contributed by atoms with van der Waals surface area (Å²) in [5.74, 6) is 2.51. The minimum atomic E-state index is 0.238. The lowest BCUT2D eigenvalue weighted by Gasteiger charge is -2.19. The average molecular weight is 783 g/mol. The molecule has 0 fully saturated rings. The minimum Gasteiger partial charge on any atom is -0.309 e. The molecule has 2 atom stereocenters. The van der Waals surface area contributed by atoms with Gasteiger partial charge in [0.25, 0.3) is 0 Å². The summed E-state index contributed by atoms with van der Waals surface area (Å²) in [6.07, 6.45) is 15.4. The van der Waals surface area contributed by atoms with E-state index in [1.807, 2.05) is 6.07 Å². The van der Waals surface area contributed by atoms with Gasteiger partial charge in [-0.05, 0) is 76.1 Å². The second kappa shape index (κ2) is 15.8. The van der Waals surface area contributed by atoms with E-state index in [2.05, 4.69) is 217 Å². The lowest BCUT2D eigenvalue weighted by Crippen LogP contribution is -2.07. The highest BCUT2D eigenvalue weighted by Gasteiger charge is 2.23. The molecule has 61 heavy (non-hydrogen) atoms. The molecular formula is C57H42N4. The molecule has 4 nitrogen and oxygen atoms in total. The van der Waals surface area contributed by atoms with Crippen LogP contribution in [0.25, 0.3) is 72.5 Å². The van der Waals surface area contributed by atoms with E-state index in [0.717, 1.165) is 46.3 Å². The summed E-state index contributed by atoms with van der Waals surface area (Å²) in [5, 5.41) is 2.49. The summed E-state index contributed by atoms with van der Waals surface area (Å²) in [5.41, 5.74) is 13.9. The zero-order valence-corrected chi connectivity index (χ0v) is 33.6. The van der Waals surface area contributed by atoms with Crippen LogP contribution in [0.1, 0.15) is 47.2 Å². The maximum absolute atomic E-state index is 5.28. The van der Waals surface area contributed by atoms with E-state index >= 15 is 0 Å². The molecule has 0 spiro atoms. The second-order valence-corrected chi connectivity index (χ2v) is 15.9. The number of hydrogen-bond acceptors (Lipinski definition) is 3. The van der Waals surface area contributed by atoms with Crippen LogP contribution in [0.15, 0.2) is 218 Å². The van der Waals surface area contributed by atoms with E-state index in [1.54, 1.807) is 0 Å². The molecule has 2 aromatic heterocycles. The van der Waals surface area contributed by atoms with Crippen molar-refractivity contribution in [2.45, 2.75) is 24.7 Å². The molecule has 0 N–H and O–H groups in total. The van der Waals surface area contributed by atoms with Gasteiger partial charge in [-0.3, -0.25) is 0 Å². The van der Waals surface area contributed by atoms with Crippen LogP contribution < -0.4 is 0 Å². The summed E-state index contributed by atoms with van der Waals surface area (Å²) in [6.45, 7) is 0. The van der Waals surface area contributed by atoms with E-state index in [1.165, 1.54) is 44.1 Å². The molecule has 2 aliphatic rings. The summed E-state index contributed by atoms with van der Waals surface area (Å²) in [6, 6.07) is 64.6. The monoisotopic (exact) mass is 782 g/mol. The number of allylic oxidation sites excluding steroid dienone is 8. The van der Waals surface area contributed by atoms with Crippen LogP contribution in [0.5, 0.6) is 0 Å². The van der Waals surface area contributed by atoms with Crippen molar-refractivity contribution in [3.8, 4) is 39.6 Å². The molecule has 2 heterocycles. The molecule has 0 saturated carbocycles. The van der Waals surface area contributed by atoms with Gasteiger partial charge in [-0.25, -0.2) is 15.0 Å². The fourth-order valence-corrected chi connectivity index (χ4v) is 9.09. The van der Waals surface area contributed by atoms with Gasteiger partial charge in [-0.1, -0.05) is 194 Å². The molecule has 0 aliphatic heterocycles. The normalized spacial score (nSPS) is 16.1. The van der Waals surface area contributed by atoms with Gasteiger partial charge in [0.1, 0.15) is 0 Å². The average Bonchev–Trinajstić information content (AvgIpc) is 3.69. The van der Waals surface area contributed by atoms with Gasteiger partial charge >= 0.3 is 0 Å². The minimum absolute atomic E-state index is 0.238. The predicted molar refractivity (Wildman–Crippen MR) is 252 cm³/mol. The molecule has 4 heteroatoms. The molecule has 7 aromatic carbocycles. The van der Waals surface area contributed by atoms with E-state index in [9.17, 15) is 0 Å². The number of para-hydroxylation sites is 1. The number of nitrogens with zero attached hydrogens (tertiary/aromatic N) is 4. The molecule has 290 valence electrons. The van der Waals surface area contributed by atoms with Crippen LogP contribution in [0, 0.1) is 0 Å². The first-order valence-electron chi connectivity index (χ1n) is 21.1. The highest BCUT2D eigenvalue weighted by Crippen LogP contribution is 2.42. The Labute approximate surface area is 356 Å². The molecule has 0 saturated heterocycles. The van der Waals surface area contributed by atoms with Gasteiger partial charge < -0.3 is 4.57 Å². The fourth-order valence-electron chi connectivity index (χ4n) is 9.09. The van der Waals surface area contributed by atoms with Gasteiger partial charge in [-0.15, -0.1) is 0 Å². The largest absolute Gasteiger partial charge is 0.309 e. The summed E-state index contributed by atoms with van der Waals surface area (Å²) < 4.78 is 2.40. The molecule has 2 aliphatic carbocycles. The number of fused-ring (bicyclic) bond motifs is 3. The number of rotatable bonds is 8. The lowest BCUT2D eigenvalue weighted by molar-refractivity contribution is 0.853. The quantitative estimate of drug-likeness (QED) is 0.154. The standard InChI is InChI=1S/C57H42N4/c1-5-15-39(16-6-1)42-27-31-44(32-28-42)50-25-14-26-52-54(50)51-36-35-48(38-53(51)61(52)49-23-11-4-12-24-49)57-59-55(45-33-29-43(30-34-45)40-17-7-2-8-18-40)58-56(60-57)47-22-13-21-46(37-47)41-19-9-3-10-20-41/h1-31,33-36,38,44,46H,32,37H2. The molecular weight excluding hydrogens is 741 g/mol. The van der Waals surface area contributed by atoms with E-state index < -0.39 is 0 Å². The first-order valence-corrected chi connectivity index (χ1v) is 21.1. The van der Waals surface area contributed by atoms with E-state index in [-0.39, 0.29) is 11.8 Å². The van der Waals surface area contributed by atoms with Crippen LogP contribution in [0.3, 0.4) is 0 Å². The number of hydrogen-bond donors (Lipinski definition) is 0. The third-order valence-electron chi connectivity index (χ3n) is 12.2. The highest BCUT2D eigenvalue weighted by molar-refractivity contribution is 6.12. The molecule has 0 amide bonds. The van der Waals surface area contributed by atoms with Gasteiger partial charge in [-0.2, -0.15) is 0 Å². The zero-order valence-electron chi connectivity index (χ0n) is 33.6. The SMILES string of the molecule is C1=CC(c2ccccc2)CC(c2nc(-c3ccc(-c4ccccc4)cc3)nc(-c3ccc4c5c(C6C=CC(c7ccccc7)=CC6)cccc5n(-c5ccccc5)c4c3)n2)=C1. The third kappa shape index (κ3) is 7.02. The Hall–Kier alpha value is -7.69. The van der Waals surface area contributed by atoms with Crippen molar-refractivity contribution in [1.82, 2.24) is 19.5 Å². The van der Waals surface area contributed by atoms with Crippen molar-refractivity contribution in [2.24, 2.45) is 0 Å². The first kappa shape index (κ1) is 36.4. The predicted octanol–water partition coefficient (Wildman–Crippen LogP) is 14.2. The fraction of sp³-hybridized carbons (Fsp3) is 0.0702. The van der Waals surface area contributed by atoms with Crippen molar-refractivity contribution < 1.29 is 0 Å². The molecule has 9 aromatic rings. The molecule has 11 rings (SSSR count). The first-order chi connectivity index (χ1) is 30.2. The van der Waals surface area contributed by atoms with Crippen LogP contribution in [-0.2, 0) is 0 Å².